The third kappa shape index (κ3) is 5.59. The van der Waals surface area contributed by atoms with Crippen LogP contribution in [0.3, 0.4) is 0 Å². The van der Waals surface area contributed by atoms with Crippen LogP contribution in [0.5, 0.6) is 0 Å². The molecule has 0 radical (unpaired) electrons. The monoisotopic (exact) mass is 375 g/mol. The average molecular weight is 375 g/mol. The molecule has 1 aromatic heterocycles. The predicted octanol–water partition coefficient (Wildman–Crippen LogP) is 1.82. The molecule has 140 valence electrons. The van der Waals surface area contributed by atoms with Crippen LogP contribution in [0.15, 0.2) is 29.4 Å². The zero-order valence-electron chi connectivity index (χ0n) is 15.4. The maximum Gasteiger partial charge on any atom is 0.233 e. The predicted molar refractivity (Wildman–Crippen MR) is 102 cm³/mol. The van der Waals surface area contributed by atoms with E-state index in [1.165, 1.54) is 17.3 Å². The van der Waals surface area contributed by atoms with E-state index in [-0.39, 0.29) is 23.5 Å². The van der Waals surface area contributed by atoms with Crippen molar-refractivity contribution < 1.29 is 9.59 Å². The van der Waals surface area contributed by atoms with E-state index >= 15 is 0 Å². The lowest BCUT2D eigenvalue weighted by Crippen LogP contribution is -2.30. The number of amides is 2. The van der Waals surface area contributed by atoms with Crippen molar-refractivity contribution in [2.24, 2.45) is 5.73 Å². The highest BCUT2D eigenvalue weighted by atomic mass is 32.2. The number of primary amides is 1. The Morgan fingerprint density at radius 1 is 1.27 bits per heavy atom. The average Bonchev–Trinajstić information content (AvgIpc) is 3.00. The molecule has 7 nitrogen and oxygen atoms in total. The third-order valence-electron chi connectivity index (χ3n) is 3.94. The lowest BCUT2D eigenvalue weighted by atomic mass is 10.1. The number of rotatable bonds is 9. The molecule has 2 rings (SSSR count). The molecule has 26 heavy (non-hydrogen) atoms. The maximum absolute atomic E-state index is 12.4. The van der Waals surface area contributed by atoms with Crippen LogP contribution < -0.4 is 11.1 Å². The van der Waals surface area contributed by atoms with Crippen LogP contribution >= 0.6 is 11.8 Å². The maximum atomic E-state index is 12.4. The molecule has 3 N–H and O–H groups in total. The van der Waals surface area contributed by atoms with Gasteiger partial charge in [0.15, 0.2) is 5.16 Å². The van der Waals surface area contributed by atoms with Crippen molar-refractivity contribution >= 4 is 23.6 Å². The third-order valence-corrected chi connectivity index (χ3v) is 5.02. The summed E-state index contributed by atoms with van der Waals surface area (Å²) in [5.74, 6) is 0.287. The molecule has 0 spiro atoms. The summed E-state index contributed by atoms with van der Waals surface area (Å²) in [6, 6.07) is 8.06. The van der Waals surface area contributed by atoms with E-state index in [0.717, 1.165) is 5.56 Å². The first-order valence-electron chi connectivity index (χ1n) is 8.61. The Bertz CT molecular complexity index is 757. The standard InChI is InChI=1S/C18H25N5O2S/c1-4-23-16(10-9-15(19)24)21-22-18(23)26-13(3)17(25)20-11-14-7-5-12(2)6-8-14/h5-8,13H,4,9-11H2,1-3H3,(H2,19,24)(H,20,25)/t13-/m1/s1. The normalized spacial score (nSPS) is 12.0. The number of thioether (sulfide) groups is 1. The largest absolute Gasteiger partial charge is 0.370 e. The molecule has 0 unspecified atom stereocenters. The van der Waals surface area contributed by atoms with Gasteiger partial charge in [-0.2, -0.15) is 0 Å². The number of benzene rings is 1. The second-order valence-corrected chi connectivity index (χ2v) is 7.38. The van der Waals surface area contributed by atoms with Crippen LogP contribution in [0.4, 0.5) is 0 Å². The van der Waals surface area contributed by atoms with Gasteiger partial charge in [-0.15, -0.1) is 10.2 Å². The fourth-order valence-corrected chi connectivity index (χ4v) is 3.35. The molecule has 1 atom stereocenters. The minimum Gasteiger partial charge on any atom is -0.370 e. The Morgan fingerprint density at radius 3 is 2.58 bits per heavy atom. The molecule has 0 aliphatic heterocycles. The summed E-state index contributed by atoms with van der Waals surface area (Å²) in [7, 11) is 0. The smallest absolute Gasteiger partial charge is 0.233 e. The second-order valence-electron chi connectivity index (χ2n) is 6.07. The Morgan fingerprint density at radius 2 is 1.96 bits per heavy atom. The first-order chi connectivity index (χ1) is 12.4. The van der Waals surface area contributed by atoms with Crippen LogP contribution in [0, 0.1) is 6.92 Å². The molecule has 1 aromatic carbocycles. The van der Waals surface area contributed by atoms with Gasteiger partial charge < -0.3 is 15.6 Å². The Hall–Kier alpha value is -2.35. The lowest BCUT2D eigenvalue weighted by molar-refractivity contribution is -0.120. The highest BCUT2D eigenvalue weighted by Crippen LogP contribution is 2.23. The van der Waals surface area contributed by atoms with E-state index in [1.807, 2.05) is 49.6 Å². The van der Waals surface area contributed by atoms with Gasteiger partial charge in [-0.25, -0.2) is 0 Å². The van der Waals surface area contributed by atoms with Crippen molar-refractivity contribution in [2.75, 3.05) is 0 Å². The SMILES string of the molecule is CCn1c(CCC(N)=O)nnc1S[C@H](C)C(=O)NCc1ccc(C)cc1. The van der Waals surface area contributed by atoms with E-state index in [2.05, 4.69) is 15.5 Å². The number of nitrogens with two attached hydrogens (primary N) is 1. The summed E-state index contributed by atoms with van der Waals surface area (Å²) in [6.45, 7) is 7.01. The molecule has 2 aromatic rings. The Balaban J connectivity index is 1.93. The van der Waals surface area contributed by atoms with Gasteiger partial charge in [0.2, 0.25) is 11.8 Å². The number of carbonyl (C=O) groups is 2. The summed E-state index contributed by atoms with van der Waals surface area (Å²) in [6.07, 6.45) is 0.681. The number of nitrogens with one attached hydrogen (secondary N) is 1. The molecule has 1 heterocycles. The van der Waals surface area contributed by atoms with Crippen LogP contribution in [0.25, 0.3) is 0 Å². The molecule has 0 bridgehead atoms. The molecule has 0 saturated carbocycles. The van der Waals surface area contributed by atoms with Gasteiger partial charge in [-0.3, -0.25) is 9.59 Å². The molecular formula is C18H25N5O2S. The fraction of sp³-hybridized carbons (Fsp3) is 0.444. The van der Waals surface area contributed by atoms with E-state index < -0.39 is 0 Å². The van der Waals surface area contributed by atoms with Crippen LogP contribution in [0.2, 0.25) is 0 Å². The van der Waals surface area contributed by atoms with Crippen LogP contribution in [-0.2, 0) is 29.1 Å². The van der Waals surface area contributed by atoms with Gasteiger partial charge in [-0.05, 0) is 26.3 Å². The number of hydrogen-bond acceptors (Lipinski definition) is 5. The molecule has 0 aliphatic carbocycles. The van der Waals surface area contributed by atoms with Crippen LogP contribution in [0.1, 0.15) is 37.2 Å². The van der Waals surface area contributed by atoms with Gasteiger partial charge >= 0.3 is 0 Å². The molecule has 8 heteroatoms. The second kappa shape index (κ2) is 9.38. The van der Waals surface area contributed by atoms with Crippen molar-refractivity contribution in [2.45, 2.75) is 57.1 Å². The highest BCUT2D eigenvalue weighted by molar-refractivity contribution is 8.00. The van der Waals surface area contributed by atoms with Gasteiger partial charge in [0.05, 0.1) is 5.25 Å². The summed E-state index contributed by atoms with van der Waals surface area (Å²) in [5.41, 5.74) is 7.45. The molecule has 0 fully saturated rings. The van der Waals surface area contributed by atoms with Crippen molar-refractivity contribution in [3.8, 4) is 0 Å². The molecule has 2 amide bonds. The molecule has 0 saturated heterocycles. The van der Waals surface area contributed by atoms with Gasteiger partial charge in [0.1, 0.15) is 5.82 Å². The summed E-state index contributed by atoms with van der Waals surface area (Å²) in [5, 5.41) is 11.6. The number of nitrogens with zero attached hydrogens (tertiary/aromatic N) is 3. The molecular weight excluding hydrogens is 350 g/mol. The van der Waals surface area contributed by atoms with E-state index in [9.17, 15) is 9.59 Å². The topological polar surface area (TPSA) is 103 Å². The van der Waals surface area contributed by atoms with Crippen molar-refractivity contribution in [3.05, 3.63) is 41.2 Å². The number of hydrogen-bond donors (Lipinski definition) is 2. The fourth-order valence-electron chi connectivity index (χ4n) is 2.39. The Kier molecular flexibility index (Phi) is 7.20. The lowest BCUT2D eigenvalue weighted by Gasteiger charge is -2.13. The quantitative estimate of drug-likeness (QED) is 0.651. The first kappa shape index (κ1) is 20.0. The van der Waals surface area contributed by atoms with E-state index in [0.29, 0.717) is 30.5 Å². The van der Waals surface area contributed by atoms with Gasteiger partial charge in [-0.1, -0.05) is 41.6 Å². The van der Waals surface area contributed by atoms with E-state index in [4.69, 9.17) is 5.73 Å². The highest BCUT2D eigenvalue weighted by Gasteiger charge is 2.19. The van der Waals surface area contributed by atoms with Gasteiger partial charge in [0, 0.05) is 25.9 Å². The number of carbonyl (C=O) groups excluding carboxylic acids is 2. The molecule has 0 aliphatic rings. The summed E-state index contributed by atoms with van der Waals surface area (Å²) < 4.78 is 1.91. The zero-order chi connectivity index (χ0) is 19.1. The first-order valence-corrected chi connectivity index (χ1v) is 9.49. The van der Waals surface area contributed by atoms with Crippen molar-refractivity contribution in [3.63, 3.8) is 0 Å². The minimum atomic E-state index is -0.367. The van der Waals surface area contributed by atoms with Crippen LogP contribution in [-0.4, -0.2) is 31.8 Å². The minimum absolute atomic E-state index is 0.0556. The summed E-state index contributed by atoms with van der Waals surface area (Å²) >= 11 is 1.36. The van der Waals surface area contributed by atoms with Gasteiger partial charge in [0.25, 0.3) is 0 Å². The number of aromatic nitrogens is 3. The van der Waals surface area contributed by atoms with Crippen molar-refractivity contribution in [1.29, 1.82) is 0 Å². The van der Waals surface area contributed by atoms with E-state index in [1.54, 1.807) is 0 Å². The summed E-state index contributed by atoms with van der Waals surface area (Å²) in [4.78, 5) is 23.3. The number of aryl methyl sites for hydroxylation is 2. The van der Waals surface area contributed by atoms with Crippen molar-refractivity contribution in [1.82, 2.24) is 20.1 Å². The Labute approximate surface area is 157 Å². The zero-order valence-corrected chi connectivity index (χ0v) is 16.2.